The maximum Gasteiger partial charge on any atom is 0.358 e. The van der Waals surface area contributed by atoms with Crippen LogP contribution in [-0.2, 0) is 11.2 Å². The van der Waals surface area contributed by atoms with Gasteiger partial charge in [0.1, 0.15) is 11.5 Å². The van der Waals surface area contributed by atoms with E-state index in [1.54, 1.807) is 34.7 Å². The number of carbonyl (C=O) groups is 1. The van der Waals surface area contributed by atoms with Gasteiger partial charge in [0, 0.05) is 6.42 Å². The van der Waals surface area contributed by atoms with Crippen molar-refractivity contribution in [1.82, 2.24) is 0 Å². The highest BCUT2D eigenvalue weighted by Gasteiger charge is 2.41. The van der Waals surface area contributed by atoms with Gasteiger partial charge < -0.3 is 14.9 Å². The SMILES string of the molecule is O=C(O)C1(I)CCc2cc(O)ccc2O1. The van der Waals surface area contributed by atoms with Gasteiger partial charge in [-0.05, 0) is 52.8 Å². The van der Waals surface area contributed by atoms with Crippen LogP contribution in [0.25, 0.3) is 0 Å². The van der Waals surface area contributed by atoms with Crippen molar-refractivity contribution in [1.29, 1.82) is 0 Å². The molecule has 15 heavy (non-hydrogen) atoms. The normalized spacial score (nSPS) is 24.1. The molecular formula is C10H9IO4. The van der Waals surface area contributed by atoms with E-state index in [9.17, 15) is 9.90 Å². The number of hydrogen-bond donors (Lipinski definition) is 2. The molecule has 1 atom stereocenters. The van der Waals surface area contributed by atoms with Gasteiger partial charge in [-0.1, -0.05) is 0 Å². The van der Waals surface area contributed by atoms with E-state index < -0.39 is 9.58 Å². The molecule has 1 heterocycles. The summed E-state index contributed by atoms with van der Waals surface area (Å²) in [7, 11) is 0. The number of aryl methyl sites for hydroxylation is 1. The van der Waals surface area contributed by atoms with Crippen molar-refractivity contribution >= 4 is 28.6 Å². The molecule has 80 valence electrons. The molecule has 0 fully saturated rings. The number of phenols is 1. The van der Waals surface area contributed by atoms with Crippen LogP contribution in [0.2, 0.25) is 0 Å². The van der Waals surface area contributed by atoms with Gasteiger partial charge in [-0.15, -0.1) is 0 Å². The minimum atomic E-state index is -1.18. The van der Waals surface area contributed by atoms with Crippen molar-refractivity contribution < 1.29 is 19.7 Å². The smallest absolute Gasteiger partial charge is 0.358 e. The molecule has 4 nitrogen and oxygen atoms in total. The molecule has 2 rings (SSSR count). The number of alkyl halides is 1. The minimum Gasteiger partial charge on any atom is -0.508 e. The molecule has 1 unspecified atom stereocenters. The van der Waals surface area contributed by atoms with E-state index in [2.05, 4.69) is 0 Å². The number of ether oxygens (including phenoxy) is 1. The summed E-state index contributed by atoms with van der Waals surface area (Å²) in [4.78, 5) is 11.0. The molecule has 1 aliphatic heterocycles. The lowest BCUT2D eigenvalue weighted by Gasteiger charge is -2.30. The Morgan fingerprint density at radius 2 is 2.27 bits per heavy atom. The molecule has 2 N–H and O–H groups in total. The monoisotopic (exact) mass is 320 g/mol. The first-order chi connectivity index (χ1) is 7.01. The molecule has 0 spiro atoms. The van der Waals surface area contributed by atoms with Crippen LogP contribution in [0.15, 0.2) is 18.2 Å². The number of carboxylic acid groups (broad SMARTS) is 1. The summed E-state index contributed by atoms with van der Waals surface area (Å²) in [5, 5.41) is 18.2. The maximum atomic E-state index is 11.0. The van der Waals surface area contributed by atoms with Gasteiger partial charge in [-0.25, -0.2) is 4.79 Å². The second-order valence-electron chi connectivity index (χ2n) is 3.43. The topological polar surface area (TPSA) is 66.8 Å². The lowest BCUT2D eigenvalue weighted by Crippen LogP contribution is -2.41. The Hall–Kier alpha value is -0.980. The van der Waals surface area contributed by atoms with E-state index in [1.165, 1.54) is 6.07 Å². The van der Waals surface area contributed by atoms with Crippen molar-refractivity contribution in [3.63, 3.8) is 0 Å². The standard InChI is InChI=1S/C10H9IO4/c11-10(9(13)14)4-3-6-5-7(12)1-2-8(6)15-10/h1-2,5,12H,3-4H2,(H,13,14). The lowest BCUT2D eigenvalue weighted by molar-refractivity contribution is -0.147. The Morgan fingerprint density at radius 3 is 2.93 bits per heavy atom. The zero-order valence-corrected chi connectivity index (χ0v) is 9.89. The molecular weight excluding hydrogens is 311 g/mol. The molecule has 1 aromatic rings. The first-order valence-electron chi connectivity index (χ1n) is 4.44. The second-order valence-corrected chi connectivity index (χ2v) is 5.17. The number of hydrogen-bond acceptors (Lipinski definition) is 3. The summed E-state index contributed by atoms with van der Waals surface area (Å²) in [5.41, 5.74) is 0.851. The Labute approximate surface area is 100 Å². The molecule has 5 heteroatoms. The number of benzene rings is 1. The van der Waals surface area contributed by atoms with Gasteiger partial charge in [0.2, 0.25) is 0 Å². The number of aliphatic carboxylic acids is 1. The Bertz CT molecular complexity index is 418. The van der Waals surface area contributed by atoms with Crippen molar-refractivity contribution in [2.45, 2.75) is 16.4 Å². The van der Waals surface area contributed by atoms with Crippen molar-refractivity contribution in [2.75, 3.05) is 0 Å². The minimum absolute atomic E-state index is 0.175. The van der Waals surface area contributed by atoms with Crippen molar-refractivity contribution in [3.05, 3.63) is 23.8 Å². The highest BCUT2D eigenvalue weighted by atomic mass is 127. The molecule has 0 aromatic heterocycles. The highest BCUT2D eigenvalue weighted by Crippen LogP contribution is 2.38. The van der Waals surface area contributed by atoms with Crippen LogP contribution in [-0.4, -0.2) is 19.8 Å². The summed E-state index contributed by atoms with van der Waals surface area (Å²) >= 11 is 1.80. The summed E-state index contributed by atoms with van der Waals surface area (Å²) in [6, 6.07) is 4.69. The number of halogens is 1. The average molecular weight is 320 g/mol. The number of rotatable bonds is 1. The van der Waals surface area contributed by atoms with E-state index in [1.807, 2.05) is 0 Å². The van der Waals surface area contributed by atoms with Crippen LogP contribution in [0.4, 0.5) is 0 Å². The predicted molar refractivity (Wildman–Crippen MR) is 61.4 cm³/mol. The lowest BCUT2D eigenvalue weighted by atomic mass is 10.0. The van der Waals surface area contributed by atoms with Crippen LogP contribution >= 0.6 is 22.6 Å². The van der Waals surface area contributed by atoms with E-state index in [0.717, 1.165) is 5.56 Å². The molecule has 0 radical (unpaired) electrons. The van der Waals surface area contributed by atoms with E-state index in [4.69, 9.17) is 9.84 Å². The summed E-state index contributed by atoms with van der Waals surface area (Å²) in [6.07, 6.45) is 0.998. The van der Waals surface area contributed by atoms with Crippen LogP contribution in [0.1, 0.15) is 12.0 Å². The fraction of sp³-hybridized carbons (Fsp3) is 0.300. The number of fused-ring (bicyclic) bond motifs is 1. The molecule has 0 bridgehead atoms. The third-order valence-electron chi connectivity index (χ3n) is 2.35. The van der Waals surface area contributed by atoms with E-state index in [-0.39, 0.29) is 5.75 Å². The zero-order valence-electron chi connectivity index (χ0n) is 7.74. The number of phenolic OH excluding ortho intramolecular Hbond substituents is 1. The second kappa shape index (κ2) is 3.55. The Kier molecular flexibility index (Phi) is 2.49. The Morgan fingerprint density at radius 1 is 1.53 bits per heavy atom. The van der Waals surface area contributed by atoms with Gasteiger partial charge >= 0.3 is 5.97 Å². The van der Waals surface area contributed by atoms with Gasteiger partial charge in [0.05, 0.1) is 0 Å². The summed E-state index contributed by atoms with van der Waals surface area (Å²) in [5.74, 6) is -0.258. The Balaban J connectivity index is 2.35. The van der Waals surface area contributed by atoms with Crippen LogP contribution in [0.3, 0.4) is 0 Å². The van der Waals surface area contributed by atoms with Crippen LogP contribution < -0.4 is 4.74 Å². The first kappa shape index (κ1) is 10.5. The van der Waals surface area contributed by atoms with Gasteiger partial charge in [0.15, 0.2) is 0 Å². The zero-order chi connectivity index (χ0) is 11.1. The first-order valence-corrected chi connectivity index (χ1v) is 5.52. The molecule has 1 aromatic carbocycles. The van der Waals surface area contributed by atoms with E-state index >= 15 is 0 Å². The third kappa shape index (κ3) is 1.88. The van der Waals surface area contributed by atoms with Gasteiger partial charge in [-0.3, -0.25) is 0 Å². The summed E-state index contributed by atoms with van der Waals surface area (Å²) in [6.45, 7) is 0. The predicted octanol–water partition coefficient (Wildman–Crippen LogP) is 1.93. The van der Waals surface area contributed by atoms with Crippen molar-refractivity contribution in [2.24, 2.45) is 0 Å². The fourth-order valence-electron chi connectivity index (χ4n) is 1.53. The fourth-order valence-corrected chi connectivity index (χ4v) is 2.04. The average Bonchev–Trinajstić information content (AvgIpc) is 2.18. The summed E-state index contributed by atoms with van der Waals surface area (Å²) < 4.78 is 4.23. The third-order valence-corrected chi connectivity index (χ3v) is 3.57. The van der Waals surface area contributed by atoms with Crippen molar-refractivity contribution in [3.8, 4) is 11.5 Å². The largest absolute Gasteiger partial charge is 0.508 e. The molecule has 0 amide bonds. The quantitative estimate of drug-likeness (QED) is 0.613. The molecule has 0 saturated carbocycles. The molecule has 0 aliphatic carbocycles. The number of carboxylic acids is 1. The highest BCUT2D eigenvalue weighted by molar-refractivity contribution is 14.1. The van der Waals surface area contributed by atoms with E-state index in [0.29, 0.717) is 18.6 Å². The number of aromatic hydroxyl groups is 1. The van der Waals surface area contributed by atoms with Crippen LogP contribution in [0, 0.1) is 0 Å². The maximum absolute atomic E-state index is 11.0. The molecule has 0 saturated heterocycles. The van der Waals surface area contributed by atoms with Crippen LogP contribution in [0.5, 0.6) is 11.5 Å². The van der Waals surface area contributed by atoms with Gasteiger partial charge in [0.25, 0.3) is 3.61 Å². The molecule has 1 aliphatic rings. The van der Waals surface area contributed by atoms with Gasteiger partial charge in [-0.2, -0.15) is 0 Å².